The average Bonchev–Trinajstić information content (AvgIpc) is 2.83. The second-order valence-corrected chi connectivity index (χ2v) is 4.48. The number of aromatic hydroxyl groups is 2. The molecule has 0 saturated carbocycles. The summed E-state index contributed by atoms with van der Waals surface area (Å²) in [5.74, 6) is 0.126. The number of aromatic nitrogens is 1. The molecule has 0 aliphatic heterocycles. The summed E-state index contributed by atoms with van der Waals surface area (Å²) in [5, 5.41) is 20.2. The molecule has 0 saturated heterocycles. The summed E-state index contributed by atoms with van der Waals surface area (Å²) in [6, 6.07) is 12.7. The van der Waals surface area contributed by atoms with Crippen LogP contribution in [0.2, 0.25) is 0 Å². The fraction of sp³-hybridized carbons (Fsp3) is 0.176. The molecule has 3 nitrogen and oxygen atoms in total. The summed E-state index contributed by atoms with van der Waals surface area (Å²) in [5.41, 5.74) is 3.75. The summed E-state index contributed by atoms with van der Waals surface area (Å²) in [7, 11) is 0. The molecule has 0 radical (unpaired) electrons. The average molecular weight is 269 g/mol. The largest absolute Gasteiger partial charge is 0.508 e. The van der Waals surface area contributed by atoms with Crippen molar-refractivity contribution in [2.75, 3.05) is 0 Å². The fourth-order valence-electron chi connectivity index (χ4n) is 2.14. The number of hydrogen-bond acceptors (Lipinski definition) is 2. The van der Waals surface area contributed by atoms with Crippen LogP contribution in [0.4, 0.5) is 0 Å². The zero-order valence-corrected chi connectivity index (χ0v) is 11.9. The van der Waals surface area contributed by atoms with Gasteiger partial charge < -0.3 is 15.2 Å². The Bertz CT molecular complexity index is 729. The van der Waals surface area contributed by atoms with Crippen LogP contribution in [0.1, 0.15) is 19.4 Å². The van der Waals surface area contributed by atoms with Crippen molar-refractivity contribution in [3.8, 4) is 22.8 Å². The molecule has 1 heterocycles. The van der Waals surface area contributed by atoms with Crippen LogP contribution in [0.25, 0.3) is 22.2 Å². The maximum atomic E-state index is 9.84. The third-order valence-corrected chi connectivity index (χ3v) is 3.05. The Morgan fingerprint density at radius 1 is 0.900 bits per heavy atom. The minimum absolute atomic E-state index is 0.0585. The monoisotopic (exact) mass is 269 g/mol. The van der Waals surface area contributed by atoms with Gasteiger partial charge in [-0.3, -0.25) is 0 Å². The van der Waals surface area contributed by atoms with Gasteiger partial charge in [-0.1, -0.05) is 25.5 Å². The number of aryl methyl sites for hydroxylation is 1. The summed E-state index contributed by atoms with van der Waals surface area (Å²) in [6.07, 6.45) is 0. The van der Waals surface area contributed by atoms with Crippen molar-refractivity contribution in [3.05, 3.63) is 48.0 Å². The van der Waals surface area contributed by atoms with Crippen molar-refractivity contribution in [2.24, 2.45) is 0 Å². The van der Waals surface area contributed by atoms with Crippen molar-refractivity contribution in [3.63, 3.8) is 0 Å². The number of aromatic amines is 1. The number of hydrogen-bond donors (Lipinski definition) is 3. The molecule has 20 heavy (non-hydrogen) atoms. The van der Waals surface area contributed by atoms with Gasteiger partial charge in [0.25, 0.3) is 0 Å². The summed E-state index contributed by atoms with van der Waals surface area (Å²) in [6.45, 7) is 6.05. The van der Waals surface area contributed by atoms with E-state index in [2.05, 4.69) is 11.1 Å². The van der Waals surface area contributed by atoms with Gasteiger partial charge in [0.05, 0.1) is 5.69 Å². The Hall–Kier alpha value is -2.42. The van der Waals surface area contributed by atoms with Crippen molar-refractivity contribution < 1.29 is 10.2 Å². The molecule has 104 valence electrons. The number of benzene rings is 2. The summed E-state index contributed by atoms with van der Waals surface area (Å²) < 4.78 is 0. The molecule has 0 spiro atoms. The van der Waals surface area contributed by atoms with E-state index in [0.717, 1.165) is 16.6 Å². The lowest BCUT2D eigenvalue weighted by molar-refractivity contribution is 0.452. The first kappa shape index (κ1) is 14.0. The normalized spacial score (nSPS) is 10.2. The Morgan fingerprint density at radius 3 is 2.35 bits per heavy atom. The van der Waals surface area contributed by atoms with Gasteiger partial charge in [-0.2, -0.15) is 0 Å². The first-order chi connectivity index (χ1) is 9.63. The van der Waals surface area contributed by atoms with Crippen LogP contribution in [0.15, 0.2) is 42.5 Å². The van der Waals surface area contributed by atoms with Gasteiger partial charge in [-0.25, -0.2) is 0 Å². The smallest absolute Gasteiger partial charge is 0.128 e. The molecule has 0 bridgehead atoms. The fourth-order valence-corrected chi connectivity index (χ4v) is 2.14. The van der Waals surface area contributed by atoms with Gasteiger partial charge in [0.2, 0.25) is 0 Å². The zero-order valence-electron chi connectivity index (χ0n) is 11.9. The van der Waals surface area contributed by atoms with Crippen molar-refractivity contribution >= 4 is 10.9 Å². The standard InChI is InChI=1S/C15H13NO2.C2H6/c1-9-2-5-13-10(6-9)7-14(16-13)12-4-3-11(17)8-15(12)18;1-2/h2-8,16-18H,1H3;1-2H3. The first-order valence-corrected chi connectivity index (χ1v) is 6.75. The highest BCUT2D eigenvalue weighted by atomic mass is 16.3. The number of phenolic OH excluding ortho intramolecular Hbond substituents is 2. The van der Waals surface area contributed by atoms with E-state index >= 15 is 0 Å². The molecule has 0 aliphatic rings. The lowest BCUT2D eigenvalue weighted by atomic mass is 10.1. The quantitative estimate of drug-likeness (QED) is 0.605. The third-order valence-electron chi connectivity index (χ3n) is 3.05. The lowest BCUT2D eigenvalue weighted by Crippen LogP contribution is -1.78. The Kier molecular flexibility index (Phi) is 3.99. The SMILES string of the molecule is CC.Cc1ccc2[nH]c(-c3ccc(O)cc3O)cc2c1. The highest BCUT2D eigenvalue weighted by molar-refractivity contribution is 5.87. The maximum Gasteiger partial charge on any atom is 0.128 e. The van der Waals surface area contributed by atoms with E-state index in [0.29, 0.717) is 5.56 Å². The van der Waals surface area contributed by atoms with Crippen LogP contribution >= 0.6 is 0 Å². The van der Waals surface area contributed by atoms with E-state index in [4.69, 9.17) is 0 Å². The molecular formula is C17H19NO2. The Balaban J connectivity index is 0.000000704. The van der Waals surface area contributed by atoms with Gasteiger partial charge in [0, 0.05) is 22.5 Å². The first-order valence-electron chi connectivity index (χ1n) is 6.75. The minimum Gasteiger partial charge on any atom is -0.508 e. The van der Waals surface area contributed by atoms with Gasteiger partial charge in [0.15, 0.2) is 0 Å². The zero-order chi connectivity index (χ0) is 14.7. The van der Waals surface area contributed by atoms with Gasteiger partial charge in [-0.15, -0.1) is 0 Å². The molecule has 3 aromatic rings. The third kappa shape index (κ3) is 2.62. The van der Waals surface area contributed by atoms with Crippen LogP contribution in [-0.2, 0) is 0 Å². The van der Waals surface area contributed by atoms with Crippen molar-refractivity contribution in [1.29, 1.82) is 0 Å². The van der Waals surface area contributed by atoms with Crippen LogP contribution in [0.5, 0.6) is 11.5 Å². The van der Waals surface area contributed by atoms with E-state index in [-0.39, 0.29) is 11.5 Å². The molecule has 3 N–H and O–H groups in total. The van der Waals surface area contributed by atoms with Crippen LogP contribution < -0.4 is 0 Å². The molecule has 3 rings (SSSR count). The molecule has 1 aromatic heterocycles. The molecule has 0 amide bonds. The molecule has 2 aromatic carbocycles. The molecule has 0 unspecified atom stereocenters. The second kappa shape index (κ2) is 5.70. The molecule has 0 aliphatic carbocycles. The number of nitrogens with one attached hydrogen (secondary N) is 1. The Morgan fingerprint density at radius 2 is 1.65 bits per heavy atom. The number of phenols is 2. The number of fused-ring (bicyclic) bond motifs is 1. The van der Waals surface area contributed by atoms with Crippen LogP contribution in [-0.4, -0.2) is 15.2 Å². The van der Waals surface area contributed by atoms with Crippen LogP contribution in [0, 0.1) is 6.92 Å². The topological polar surface area (TPSA) is 56.2 Å². The van der Waals surface area contributed by atoms with E-state index in [1.807, 2.05) is 39.0 Å². The number of H-pyrrole nitrogens is 1. The molecule has 3 heteroatoms. The highest BCUT2D eigenvalue weighted by Crippen LogP contribution is 2.33. The summed E-state index contributed by atoms with van der Waals surface area (Å²) in [4.78, 5) is 3.26. The predicted molar refractivity (Wildman–Crippen MR) is 83.1 cm³/mol. The Labute approximate surface area is 118 Å². The molecule has 0 fully saturated rings. The van der Waals surface area contributed by atoms with Crippen molar-refractivity contribution in [1.82, 2.24) is 4.98 Å². The lowest BCUT2D eigenvalue weighted by Gasteiger charge is -2.02. The summed E-state index contributed by atoms with van der Waals surface area (Å²) >= 11 is 0. The minimum atomic E-state index is 0.0585. The maximum absolute atomic E-state index is 9.84. The van der Waals surface area contributed by atoms with Gasteiger partial charge in [-0.05, 0) is 37.3 Å². The van der Waals surface area contributed by atoms with Gasteiger partial charge in [0.1, 0.15) is 11.5 Å². The highest BCUT2D eigenvalue weighted by Gasteiger charge is 2.08. The predicted octanol–water partition coefficient (Wildman–Crippen LogP) is 4.58. The second-order valence-electron chi connectivity index (χ2n) is 4.48. The molecule has 0 atom stereocenters. The van der Waals surface area contributed by atoms with E-state index in [1.54, 1.807) is 12.1 Å². The van der Waals surface area contributed by atoms with Crippen LogP contribution in [0.3, 0.4) is 0 Å². The van der Waals surface area contributed by atoms with E-state index in [9.17, 15) is 10.2 Å². The van der Waals surface area contributed by atoms with Gasteiger partial charge >= 0.3 is 0 Å². The molecular weight excluding hydrogens is 250 g/mol. The number of rotatable bonds is 1. The van der Waals surface area contributed by atoms with E-state index in [1.165, 1.54) is 11.6 Å². The van der Waals surface area contributed by atoms with E-state index < -0.39 is 0 Å². The van der Waals surface area contributed by atoms with Crippen molar-refractivity contribution in [2.45, 2.75) is 20.8 Å².